The number of ether oxygens (including phenoxy) is 1. The lowest BCUT2D eigenvalue weighted by Gasteiger charge is -2.09. The minimum absolute atomic E-state index is 0.0999. The fourth-order valence-electron chi connectivity index (χ4n) is 2.45. The van der Waals surface area contributed by atoms with Gasteiger partial charge in [0.05, 0.1) is 12.8 Å². The fourth-order valence-corrected chi connectivity index (χ4v) is 2.45. The minimum atomic E-state index is -0.406. The zero-order valence-electron chi connectivity index (χ0n) is 14.0. The molecule has 6 nitrogen and oxygen atoms in total. The van der Waals surface area contributed by atoms with Gasteiger partial charge in [-0.2, -0.15) is 5.10 Å². The van der Waals surface area contributed by atoms with Crippen LogP contribution in [0.5, 0.6) is 0 Å². The highest BCUT2D eigenvalue weighted by atomic mass is 19.1. The molecule has 1 amide bonds. The SMILES string of the molecule is COCc1cc(C(=O)Nc2ccnn2Cc2ccc(C)o2)ccc1F. The Morgan fingerprint density at radius 2 is 2.16 bits per heavy atom. The van der Waals surface area contributed by atoms with Gasteiger partial charge in [-0.15, -0.1) is 0 Å². The molecule has 7 heteroatoms. The van der Waals surface area contributed by atoms with Crippen molar-refractivity contribution in [2.75, 3.05) is 12.4 Å². The molecule has 0 aliphatic rings. The Morgan fingerprint density at radius 1 is 1.32 bits per heavy atom. The summed E-state index contributed by atoms with van der Waals surface area (Å²) in [4.78, 5) is 12.4. The second-order valence-electron chi connectivity index (χ2n) is 5.58. The molecule has 0 atom stereocenters. The minimum Gasteiger partial charge on any atom is -0.464 e. The summed E-state index contributed by atoms with van der Waals surface area (Å²) in [6.45, 7) is 2.36. The summed E-state index contributed by atoms with van der Waals surface area (Å²) in [6.07, 6.45) is 1.59. The molecular weight excluding hydrogens is 325 g/mol. The van der Waals surface area contributed by atoms with E-state index in [0.29, 0.717) is 23.5 Å². The molecular formula is C18H18FN3O3. The van der Waals surface area contributed by atoms with E-state index in [4.69, 9.17) is 9.15 Å². The van der Waals surface area contributed by atoms with Crippen LogP contribution in [-0.4, -0.2) is 22.8 Å². The monoisotopic (exact) mass is 343 g/mol. The van der Waals surface area contributed by atoms with Crippen molar-refractivity contribution in [1.82, 2.24) is 9.78 Å². The quantitative estimate of drug-likeness (QED) is 0.745. The highest BCUT2D eigenvalue weighted by molar-refractivity contribution is 6.03. The Kier molecular flexibility index (Phi) is 4.95. The second kappa shape index (κ2) is 7.31. The molecule has 0 fully saturated rings. The number of anilines is 1. The van der Waals surface area contributed by atoms with Gasteiger partial charge in [0, 0.05) is 24.3 Å². The van der Waals surface area contributed by atoms with Gasteiger partial charge in [-0.25, -0.2) is 9.07 Å². The average molecular weight is 343 g/mol. The van der Waals surface area contributed by atoms with Crippen molar-refractivity contribution in [3.8, 4) is 0 Å². The van der Waals surface area contributed by atoms with E-state index in [0.717, 1.165) is 11.5 Å². The van der Waals surface area contributed by atoms with Crippen molar-refractivity contribution in [2.24, 2.45) is 0 Å². The Labute approximate surface area is 144 Å². The maximum atomic E-state index is 13.7. The van der Waals surface area contributed by atoms with E-state index < -0.39 is 5.82 Å². The molecule has 0 radical (unpaired) electrons. The third kappa shape index (κ3) is 3.95. The van der Waals surface area contributed by atoms with Gasteiger partial charge in [0.1, 0.15) is 29.7 Å². The zero-order chi connectivity index (χ0) is 17.8. The van der Waals surface area contributed by atoms with Crippen LogP contribution in [0.1, 0.15) is 27.4 Å². The standard InChI is InChI=1S/C18H18FN3O3/c1-12-3-5-15(25-12)10-22-17(7-8-20-22)21-18(23)13-4-6-16(19)14(9-13)11-24-2/h3-9H,10-11H2,1-2H3,(H,21,23). The number of benzene rings is 1. The van der Waals surface area contributed by atoms with Gasteiger partial charge < -0.3 is 14.5 Å². The van der Waals surface area contributed by atoms with Gasteiger partial charge in [-0.1, -0.05) is 0 Å². The number of amides is 1. The lowest BCUT2D eigenvalue weighted by Crippen LogP contribution is -2.16. The number of aromatic nitrogens is 2. The van der Waals surface area contributed by atoms with Crippen molar-refractivity contribution >= 4 is 11.7 Å². The van der Waals surface area contributed by atoms with Gasteiger partial charge in [0.25, 0.3) is 5.91 Å². The number of halogens is 1. The van der Waals surface area contributed by atoms with E-state index in [9.17, 15) is 9.18 Å². The van der Waals surface area contributed by atoms with Crippen LogP contribution in [0.4, 0.5) is 10.2 Å². The maximum Gasteiger partial charge on any atom is 0.256 e. The van der Waals surface area contributed by atoms with Crippen molar-refractivity contribution in [3.63, 3.8) is 0 Å². The van der Waals surface area contributed by atoms with Crippen LogP contribution in [0.25, 0.3) is 0 Å². The van der Waals surface area contributed by atoms with E-state index in [2.05, 4.69) is 10.4 Å². The first-order valence-electron chi connectivity index (χ1n) is 7.72. The molecule has 2 aromatic heterocycles. The molecule has 25 heavy (non-hydrogen) atoms. The van der Waals surface area contributed by atoms with Crippen molar-refractivity contribution in [2.45, 2.75) is 20.1 Å². The zero-order valence-corrected chi connectivity index (χ0v) is 14.0. The number of furan rings is 1. The largest absolute Gasteiger partial charge is 0.464 e. The Morgan fingerprint density at radius 3 is 2.88 bits per heavy atom. The summed E-state index contributed by atoms with van der Waals surface area (Å²) in [6, 6.07) is 9.58. The first kappa shape index (κ1) is 16.9. The van der Waals surface area contributed by atoms with Crippen molar-refractivity contribution in [1.29, 1.82) is 0 Å². The Hall–Kier alpha value is -2.93. The predicted octanol–water partition coefficient (Wildman–Crippen LogP) is 3.37. The van der Waals surface area contributed by atoms with E-state index in [-0.39, 0.29) is 12.5 Å². The van der Waals surface area contributed by atoms with Crippen molar-refractivity contribution < 1.29 is 18.3 Å². The summed E-state index contributed by atoms with van der Waals surface area (Å²) in [7, 11) is 1.47. The van der Waals surface area contributed by atoms with Crippen LogP contribution in [0.15, 0.2) is 47.0 Å². The first-order valence-corrected chi connectivity index (χ1v) is 7.72. The molecule has 0 unspecified atom stereocenters. The lowest BCUT2D eigenvalue weighted by molar-refractivity contribution is 0.102. The average Bonchev–Trinajstić information content (AvgIpc) is 3.19. The molecule has 130 valence electrons. The van der Waals surface area contributed by atoms with Gasteiger partial charge in [-0.3, -0.25) is 4.79 Å². The molecule has 3 aromatic rings. The molecule has 0 aliphatic heterocycles. The third-order valence-corrected chi connectivity index (χ3v) is 3.67. The predicted molar refractivity (Wildman–Crippen MR) is 89.8 cm³/mol. The molecule has 0 aliphatic carbocycles. The summed E-state index contributed by atoms with van der Waals surface area (Å²) >= 11 is 0. The van der Waals surface area contributed by atoms with E-state index >= 15 is 0 Å². The Bertz CT molecular complexity index is 885. The summed E-state index contributed by atoms with van der Waals surface area (Å²) in [5, 5.41) is 6.97. The van der Waals surface area contributed by atoms with Gasteiger partial charge >= 0.3 is 0 Å². The number of rotatable bonds is 6. The smallest absolute Gasteiger partial charge is 0.256 e. The number of carbonyl (C=O) groups is 1. The van der Waals surface area contributed by atoms with Crippen LogP contribution in [0.3, 0.4) is 0 Å². The molecule has 1 aromatic carbocycles. The number of nitrogens with zero attached hydrogens (tertiary/aromatic N) is 2. The molecule has 1 N–H and O–H groups in total. The first-order chi connectivity index (χ1) is 12.1. The maximum absolute atomic E-state index is 13.7. The third-order valence-electron chi connectivity index (χ3n) is 3.67. The van der Waals surface area contributed by atoms with Gasteiger partial charge in [-0.05, 0) is 37.3 Å². The van der Waals surface area contributed by atoms with E-state index in [1.54, 1.807) is 16.9 Å². The highest BCUT2D eigenvalue weighted by Crippen LogP contribution is 2.16. The number of methoxy groups -OCH3 is 1. The number of hydrogen-bond acceptors (Lipinski definition) is 4. The van der Waals surface area contributed by atoms with Gasteiger partial charge in [0.2, 0.25) is 0 Å². The molecule has 0 bridgehead atoms. The van der Waals surface area contributed by atoms with Gasteiger partial charge in [0.15, 0.2) is 0 Å². The van der Waals surface area contributed by atoms with E-state index in [1.165, 1.54) is 25.3 Å². The van der Waals surface area contributed by atoms with Crippen molar-refractivity contribution in [3.05, 3.63) is 71.1 Å². The van der Waals surface area contributed by atoms with Crippen LogP contribution in [0, 0.1) is 12.7 Å². The normalized spacial score (nSPS) is 10.8. The van der Waals surface area contributed by atoms with Crippen LogP contribution >= 0.6 is 0 Å². The van der Waals surface area contributed by atoms with Crippen LogP contribution < -0.4 is 5.32 Å². The number of nitrogens with one attached hydrogen (secondary N) is 1. The summed E-state index contributed by atoms with van der Waals surface area (Å²) < 4.78 is 25.8. The topological polar surface area (TPSA) is 69.3 Å². The Balaban J connectivity index is 1.75. The number of aryl methyl sites for hydroxylation is 1. The fraction of sp³-hybridized carbons (Fsp3) is 0.222. The lowest BCUT2D eigenvalue weighted by atomic mass is 10.1. The summed E-state index contributed by atoms with van der Waals surface area (Å²) in [5.41, 5.74) is 0.671. The highest BCUT2D eigenvalue weighted by Gasteiger charge is 2.13. The van der Waals surface area contributed by atoms with Crippen LogP contribution in [0.2, 0.25) is 0 Å². The van der Waals surface area contributed by atoms with E-state index in [1.807, 2.05) is 19.1 Å². The van der Waals surface area contributed by atoms with Crippen LogP contribution in [-0.2, 0) is 17.9 Å². The number of carbonyl (C=O) groups excluding carboxylic acids is 1. The molecule has 2 heterocycles. The molecule has 0 saturated carbocycles. The molecule has 0 spiro atoms. The second-order valence-corrected chi connectivity index (χ2v) is 5.58. The molecule has 0 saturated heterocycles. The molecule has 3 rings (SSSR count). The number of hydrogen-bond donors (Lipinski definition) is 1. The summed E-state index contributed by atoms with van der Waals surface area (Å²) in [5.74, 6) is 1.31.